The Labute approximate surface area is 133 Å². The number of benzene rings is 2. The molecule has 0 aliphatic carbocycles. The van der Waals surface area contributed by atoms with Crippen LogP contribution < -0.4 is 5.32 Å². The van der Waals surface area contributed by atoms with Crippen molar-refractivity contribution in [3.05, 3.63) is 76.5 Å². The molecule has 0 bridgehead atoms. The van der Waals surface area contributed by atoms with Crippen LogP contribution in [0, 0.1) is 10.1 Å². The van der Waals surface area contributed by atoms with Crippen molar-refractivity contribution in [2.45, 2.75) is 6.92 Å². The lowest BCUT2D eigenvalue weighted by Gasteiger charge is -2.08. The van der Waals surface area contributed by atoms with Gasteiger partial charge in [-0.25, -0.2) is 4.79 Å². The molecule has 6 nitrogen and oxygen atoms in total. The van der Waals surface area contributed by atoms with Gasteiger partial charge in [0.25, 0.3) is 5.69 Å². The fourth-order valence-corrected chi connectivity index (χ4v) is 1.92. The van der Waals surface area contributed by atoms with Gasteiger partial charge in [0.15, 0.2) is 0 Å². The number of non-ortho nitro benzene ring substituents is 1. The first-order chi connectivity index (χ1) is 11.1. The van der Waals surface area contributed by atoms with Crippen LogP contribution in [-0.4, -0.2) is 17.5 Å². The summed E-state index contributed by atoms with van der Waals surface area (Å²) >= 11 is 0. The van der Waals surface area contributed by atoms with E-state index in [2.05, 4.69) is 5.32 Å². The highest BCUT2D eigenvalue weighted by Crippen LogP contribution is 2.20. The van der Waals surface area contributed by atoms with Gasteiger partial charge in [0, 0.05) is 24.0 Å². The number of hydrogen-bond acceptors (Lipinski definition) is 5. The van der Waals surface area contributed by atoms with Gasteiger partial charge in [-0.15, -0.1) is 0 Å². The Kier molecular flexibility index (Phi) is 5.46. The number of anilines is 1. The maximum absolute atomic E-state index is 12.1. The Hall–Kier alpha value is -3.15. The van der Waals surface area contributed by atoms with Crippen molar-refractivity contribution < 1.29 is 14.5 Å². The van der Waals surface area contributed by atoms with Gasteiger partial charge >= 0.3 is 5.97 Å². The Balaban J connectivity index is 2.29. The Bertz CT molecular complexity index is 709. The van der Waals surface area contributed by atoms with Crippen LogP contribution in [0.3, 0.4) is 0 Å². The molecular formula is C17H16N2O4. The summed E-state index contributed by atoms with van der Waals surface area (Å²) in [6.07, 6.45) is 1.54. The molecule has 0 unspecified atom stereocenters. The molecule has 0 aliphatic heterocycles. The van der Waals surface area contributed by atoms with Crippen LogP contribution in [0.25, 0.3) is 5.57 Å². The molecule has 0 heterocycles. The summed E-state index contributed by atoms with van der Waals surface area (Å²) in [4.78, 5) is 22.3. The third-order valence-electron chi connectivity index (χ3n) is 3.04. The zero-order chi connectivity index (χ0) is 16.7. The van der Waals surface area contributed by atoms with Gasteiger partial charge in [0.2, 0.25) is 0 Å². The van der Waals surface area contributed by atoms with E-state index in [4.69, 9.17) is 4.74 Å². The zero-order valence-electron chi connectivity index (χ0n) is 12.6. The number of rotatable bonds is 6. The van der Waals surface area contributed by atoms with E-state index in [0.29, 0.717) is 11.1 Å². The maximum atomic E-state index is 12.1. The monoisotopic (exact) mass is 312 g/mol. The smallest absolute Gasteiger partial charge is 0.340 e. The van der Waals surface area contributed by atoms with Gasteiger partial charge in [0.05, 0.1) is 17.1 Å². The molecule has 1 N–H and O–H groups in total. The van der Waals surface area contributed by atoms with E-state index in [-0.39, 0.29) is 12.3 Å². The molecule has 0 spiro atoms. The standard InChI is InChI=1S/C17H16N2O4/c1-2-23-17(20)16(12-18-14-6-4-3-5-7-14)13-8-10-15(11-9-13)19(21)22/h3-12,18H,2H2,1H3/b16-12-. The van der Waals surface area contributed by atoms with Crippen LogP contribution in [-0.2, 0) is 9.53 Å². The van der Waals surface area contributed by atoms with Crippen molar-refractivity contribution in [1.82, 2.24) is 0 Å². The van der Waals surface area contributed by atoms with E-state index in [1.54, 1.807) is 6.92 Å². The van der Waals surface area contributed by atoms with Gasteiger partial charge in [-0.3, -0.25) is 10.1 Å². The van der Waals surface area contributed by atoms with Gasteiger partial charge in [-0.1, -0.05) is 18.2 Å². The third-order valence-corrected chi connectivity index (χ3v) is 3.04. The molecule has 6 heteroatoms. The molecule has 0 amide bonds. The van der Waals surface area contributed by atoms with Crippen molar-refractivity contribution in [2.24, 2.45) is 0 Å². The molecule has 0 atom stereocenters. The lowest BCUT2D eigenvalue weighted by molar-refractivity contribution is -0.384. The predicted octanol–water partition coefficient (Wildman–Crippen LogP) is 3.61. The second kappa shape index (κ2) is 7.74. The minimum Gasteiger partial charge on any atom is -0.462 e. The van der Waals surface area contributed by atoms with Crippen LogP contribution in [0.1, 0.15) is 12.5 Å². The third kappa shape index (κ3) is 4.41. The summed E-state index contributed by atoms with van der Waals surface area (Å²) in [6, 6.07) is 15.1. The van der Waals surface area contributed by atoms with Crippen LogP contribution in [0.4, 0.5) is 11.4 Å². The van der Waals surface area contributed by atoms with Crippen molar-refractivity contribution in [2.75, 3.05) is 11.9 Å². The van der Waals surface area contributed by atoms with E-state index in [9.17, 15) is 14.9 Å². The molecular weight excluding hydrogens is 296 g/mol. The van der Waals surface area contributed by atoms with E-state index in [1.807, 2.05) is 30.3 Å². The highest BCUT2D eigenvalue weighted by molar-refractivity contribution is 6.16. The van der Waals surface area contributed by atoms with Gasteiger partial charge in [-0.05, 0) is 36.8 Å². The highest BCUT2D eigenvalue weighted by Gasteiger charge is 2.15. The second-order valence-corrected chi connectivity index (χ2v) is 4.59. The molecule has 0 saturated carbocycles. The number of ether oxygens (including phenoxy) is 1. The molecule has 0 saturated heterocycles. The largest absolute Gasteiger partial charge is 0.462 e. The number of nitro benzene ring substituents is 1. The average molecular weight is 312 g/mol. The molecule has 23 heavy (non-hydrogen) atoms. The summed E-state index contributed by atoms with van der Waals surface area (Å²) in [7, 11) is 0. The molecule has 0 fully saturated rings. The summed E-state index contributed by atoms with van der Waals surface area (Å²) < 4.78 is 5.04. The van der Waals surface area contributed by atoms with Crippen LogP contribution in [0.15, 0.2) is 60.8 Å². The highest BCUT2D eigenvalue weighted by atomic mass is 16.6. The Morgan fingerprint density at radius 2 is 1.83 bits per heavy atom. The topological polar surface area (TPSA) is 81.5 Å². The molecule has 118 valence electrons. The Morgan fingerprint density at radius 3 is 2.39 bits per heavy atom. The fraction of sp³-hybridized carbons (Fsp3) is 0.118. The lowest BCUT2D eigenvalue weighted by Crippen LogP contribution is -2.08. The van der Waals surface area contributed by atoms with Crippen molar-refractivity contribution in [3.63, 3.8) is 0 Å². The first-order valence-corrected chi connectivity index (χ1v) is 7.05. The van der Waals surface area contributed by atoms with Gasteiger partial charge < -0.3 is 10.1 Å². The Morgan fingerprint density at radius 1 is 1.17 bits per heavy atom. The average Bonchev–Trinajstić information content (AvgIpc) is 2.56. The molecule has 2 rings (SSSR count). The molecule has 0 aliphatic rings. The van der Waals surface area contributed by atoms with Gasteiger partial charge in [0.1, 0.15) is 0 Å². The quantitative estimate of drug-likeness (QED) is 0.381. The molecule has 2 aromatic carbocycles. The molecule has 2 aromatic rings. The van der Waals surface area contributed by atoms with Crippen LogP contribution in [0.5, 0.6) is 0 Å². The number of nitrogens with one attached hydrogen (secondary N) is 1. The summed E-state index contributed by atoms with van der Waals surface area (Å²) in [5, 5.41) is 13.7. The predicted molar refractivity (Wildman–Crippen MR) is 87.8 cm³/mol. The normalized spacial score (nSPS) is 10.9. The van der Waals surface area contributed by atoms with Gasteiger partial charge in [-0.2, -0.15) is 0 Å². The zero-order valence-corrected chi connectivity index (χ0v) is 12.6. The van der Waals surface area contributed by atoms with Crippen LogP contribution in [0.2, 0.25) is 0 Å². The molecule has 0 radical (unpaired) electrons. The number of carbonyl (C=O) groups excluding carboxylic acids is 1. The number of nitro groups is 1. The minimum absolute atomic E-state index is 0.0343. The maximum Gasteiger partial charge on any atom is 0.340 e. The lowest BCUT2D eigenvalue weighted by atomic mass is 10.1. The number of hydrogen-bond donors (Lipinski definition) is 1. The van der Waals surface area contributed by atoms with Crippen LogP contribution >= 0.6 is 0 Å². The van der Waals surface area contributed by atoms with E-state index in [1.165, 1.54) is 30.5 Å². The van der Waals surface area contributed by atoms with Crippen molar-refractivity contribution in [3.8, 4) is 0 Å². The summed E-state index contributed by atoms with van der Waals surface area (Å²) in [5.41, 5.74) is 1.62. The molecule has 0 aromatic heterocycles. The number of carbonyl (C=O) groups is 1. The first-order valence-electron chi connectivity index (χ1n) is 7.05. The SMILES string of the molecule is CCOC(=O)/C(=C\Nc1ccccc1)c1ccc([N+](=O)[O-])cc1. The van der Waals surface area contributed by atoms with Crippen molar-refractivity contribution in [1.29, 1.82) is 0 Å². The number of para-hydroxylation sites is 1. The summed E-state index contributed by atoms with van der Waals surface area (Å²) in [6.45, 7) is 1.96. The fourth-order valence-electron chi connectivity index (χ4n) is 1.92. The van der Waals surface area contributed by atoms with E-state index < -0.39 is 10.9 Å². The number of nitrogens with zero attached hydrogens (tertiary/aromatic N) is 1. The summed E-state index contributed by atoms with van der Waals surface area (Å²) in [5.74, 6) is -0.496. The number of esters is 1. The van der Waals surface area contributed by atoms with E-state index >= 15 is 0 Å². The second-order valence-electron chi connectivity index (χ2n) is 4.59. The van der Waals surface area contributed by atoms with E-state index in [0.717, 1.165) is 5.69 Å². The first kappa shape index (κ1) is 16.2. The van der Waals surface area contributed by atoms with Crippen molar-refractivity contribution >= 4 is 22.9 Å². The minimum atomic E-state index is -0.496.